The molecule has 7 N–H and O–H groups in total. The highest BCUT2D eigenvalue weighted by atomic mass is 16.3. The van der Waals surface area contributed by atoms with Gasteiger partial charge in [0, 0.05) is 6.42 Å². The van der Waals surface area contributed by atoms with Crippen LogP contribution in [0.5, 0.6) is 0 Å². The zero-order valence-electron chi connectivity index (χ0n) is 14.3. The quantitative estimate of drug-likeness (QED) is 0.398. The molecule has 130 valence electrons. The number of rotatable bonds is 3. The lowest BCUT2D eigenvalue weighted by Crippen LogP contribution is -3.15. The lowest BCUT2D eigenvalue weighted by molar-refractivity contribution is -0.901. The van der Waals surface area contributed by atoms with Gasteiger partial charge in [0.15, 0.2) is 0 Å². The lowest BCUT2D eigenvalue weighted by atomic mass is 9.97. The van der Waals surface area contributed by atoms with Crippen LogP contribution in [0.25, 0.3) is 11.0 Å². The molecule has 0 aliphatic carbocycles. The van der Waals surface area contributed by atoms with Crippen molar-refractivity contribution in [3.05, 3.63) is 11.1 Å². The number of aliphatic hydroxyl groups is 1. The monoisotopic (exact) mass is 334 g/mol. The van der Waals surface area contributed by atoms with Crippen LogP contribution >= 0.6 is 0 Å². The number of nitrogens with zero attached hydrogens (tertiary/aromatic N) is 2. The summed E-state index contributed by atoms with van der Waals surface area (Å²) in [5.41, 5.74) is 9.75. The third-order valence-electron chi connectivity index (χ3n) is 5.52. The number of hydrogen-bond donors (Lipinski definition) is 5. The van der Waals surface area contributed by atoms with Crippen LogP contribution in [0.4, 0.5) is 11.6 Å². The third-order valence-corrected chi connectivity index (χ3v) is 5.52. The number of quaternary nitrogens is 2. The minimum atomic E-state index is 0.267. The van der Waals surface area contributed by atoms with Gasteiger partial charge >= 0.3 is 0 Å². The zero-order chi connectivity index (χ0) is 16.7. The largest absolute Gasteiger partial charge is 0.391 e. The van der Waals surface area contributed by atoms with Gasteiger partial charge in [-0.3, -0.25) is 4.90 Å². The van der Waals surface area contributed by atoms with E-state index in [0.29, 0.717) is 5.82 Å². The number of aromatic nitrogens is 3. The van der Waals surface area contributed by atoms with Crippen molar-refractivity contribution in [1.29, 1.82) is 0 Å². The minimum Gasteiger partial charge on any atom is -0.391 e. The fourth-order valence-corrected chi connectivity index (χ4v) is 4.15. The average molecular weight is 334 g/mol. The van der Waals surface area contributed by atoms with Crippen molar-refractivity contribution in [3.63, 3.8) is 0 Å². The van der Waals surface area contributed by atoms with Crippen molar-refractivity contribution in [3.8, 4) is 0 Å². The Kier molecular flexibility index (Phi) is 4.03. The predicted octanol–water partition coefficient (Wildman–Crippen LogP) is -3.77. The molecule has 2 aromatic heterocycles. The number of nitrogens with one attached hydrogen (secondary N) is 4. The molecule has 4 rings (SSSR count). The Hall–Kier alpha value is -1.90. The van der Waals surface area contributed by atoms with Gasteiger partial charge in [0.2, 0.25) is 5.82 Å². The molecule has 1 fully saturated rings. The topological polar surface area (TPSA) is 101 Å². The molecule has 0 saturated carbocycles. The van der Waals surface area contributed by atoms with Gasteiger partial charge in [-0.1, -0.05) is 0 Å². The van der Waals surface area contributed by atoms with Gasteiger partial charge in [0.1, 0.15) is 45.1 Å². The number of aromatic amines is 2. The van der Waals surface area contributed by atoms with Crippen LogP contribution in [0.3, 0.4) is 0 Å². The molecule has 2 aliphatic heterocycles. The van der Waals surface area contributed by atoms with E-state index in [1.54, 1.807) is 0 Å². The van der Waals surface area contributed by atoms with E-state index in [-0.39, 0.29) is 6.61 Å². The number of fused-ring (bicyclic) bond motifs is 3. The molecule has 1 unspecified atom stereocenters. The summed E-state index contributed by atoms with van der Waals surface area (Å²) in [5.74, 6) is 1.88. The van der Waals surface area contributed by atoms with E-state index in [1.165, 1.54) is 26.7 Å². The van der Waals surface area contributed by atoms with Gasteiger partial charge in [-0.25, -0.2) is 4.98 Å². The summed E-state index contributed by atoms with van der Waals surface area (Å²) in [4.78, 5) is 9.00. The van der Waals surface area contributed by atoms with Gasteiger partial charge in [-0.2, -0.15) is 5.10 Å². The fraction of sp³-hybridized carbons (Fsp3) is 0.625. The molecule has 0 radical (unpaired) electrons. The van der Waals surface area contributed by atoms with Crippen LogP contribution in [-0.4, -0.2) is 68.2 Å². The first-order valence-electron chi connectivity index (χ1n) is 8.88. The fourth-order valence-electron chi connectivity index (χ4n) is 4.15. The zero-order valence-corrected chi connectivity index (χ0v) is 14.3. The van der Waals surface area contributed by atoms with Gasteiger partial charge < -0.3 is 20.6 Å². The van der Waals surface area contributed by atoms with E-state index in [1.807, 2.05) is 0 Å². The second-order valence-electron chi connectivity index (χ2n) is 7.14. The maximum Gasteiger partial charge on any atom is 0.295 e. The number of nitrogens with two attached hydrogens (primary N) is 1. The Morgan fingerprint density at radius 1 is 1.29 bits per heavy atom. The van der Waals surface area contributed by atoms with Crippen LogP contribution < -0.4 is 25.4 Å². The SMILES string of the molecule is C[NH+]1CCc2c(c(N3CC[NH+](CCO)CC3)[nH+]c3n[nH]c(N)c23)C1. The van der Waals surface area contributed by atoms with Gasteiger partial charge in [-0.15, -0.1) is 0 Å². The Bertz CT molecular complexity index is 736. The normalized spacial score (nSPS) is 22.1. The Labute approximate surface area is 141 Å². The summed E-state index contributed by atoms with van der Waals surface area (Å²) in [6.45, 7) is 7.39. The maximum absolute atomic E-state index is 9.14. The number of pyridine rings is 1. The summed E-state index contributed by atoms with van der Waals surface area (Å²) in [5, 5.41) is 17.5. The van der Waals surface area contributed by atoms with E-state index in [0.717, 1.165) is 63.3 Å². The maximum atomic E-state index is 9.14. The molecule has 0 amide bonds. The second-order valence-corrected chi connectivity index (χ2v) is 7.14. The van der Waals surface area contributed by atoms with Crippen molar-refractivity contribution in [2.75, 3.05) is 63.6 Å². The Morgan fingerprint density at radius 3 is 2.83 bits per heavy atom. The van der Waals surface area contributed by atoms with Crippen molar-refractivity contribution >= 4 is 22.7 Å². The molecule has 2 aliphatic rings. The third kappa shape index (κ3) is 2.60. The Morgan fingerprint density at radius 2 is 2.08 bits per heavy atom. The molecule has 8 nitrogen and oxygen atoms in total. The minimum absolute atomic E-state index is 0.267. The molecule has 2 aromatic rings. The lowest BCUT2D eigenvalue weighted by Gasteiger charge is -2.32. The van der Waals surface area contributed by atoms with Crippen molar-refractivity contribution in [2.24, 2.45) is 0 Å². The number of hydrogen-bond acceptors (Lipinski definition) is 4. The van der Waals surface area contributed by atoms with E-state index in [9.17, 15) is 0 Å². The van der Waals surface area contributed by atoms with Gasteiger partial charge in [0.05, 0.1) is 31.1 Å². The molecular formula is C16H28N7O+3. The number of piperazine rings is 1. The highest BCUT2D eigenvalue weighted by Crippen LogP contribution is 2.29. The van der Waals surface area contributed by atoms with Crippen LogP contribution in [-0.2, 0) is 13.0 Å². The van der Waals surface area contributed by atoms with Crippen molar-refractivity contribution in [1.82, 2.24) is 10.2 Å². The molecule has 0 bridgehead atoms. The Balaban J connectivity index is 1.72. The number of anilines is 2. The molecule has 1 atom stereocenters. The first-order valence-corrected chi connectivity index (χ1v) is 8.88. The smallest absolute Gasteiger partial charge is 0.295 e. The second kappa shape index (κ2) is 6.19. The summed E-state index contributed by atoms with van der Waals surface area (Å²) in [7, 11) is 2.25. The number of H-pyrrole nitrogens is 2. The number of aliphatic hydroxyl groups excluding tert-OH is 1. The van der Waals surface area contributed by atoms with Crippen LogP contribution in [0.1, 0.15) is 11.1 Å². The van der Waals surface area contributed by atoms with Crippen LogP contribution in [0.2, 0.25) is 0 Å². The molecule has 0 spiro atoms. The van der Waals surface area contributed by atoms with E-state index in [4.69, 9.17) is 10.8 Å². The molecule has 24 heavy (non-hydrogen) atoms. The summed E-state index contributed by atoms with van der Waals surface area (Å²) >= 11 is 0. The molecule has 0 aromatic carbocycles. The summed E-state index contributed by atoms with van der Waals surface area (Å²) in [6.07, 6.45) is 1.04. The standard InChI is InChI=1S/C16H25N7O/c1-21-3-2-11-12(10-21)16(18-15-13(11)14(17)19-20-15)23-6-4-22(5-7-23)8-9-24/h24H,2-10H2,1H3,(H3,17,18,19,20)/p+3. The summed E-state index contributed by atoms with van der Waals surface area (Å²) in [6, 6.07) is 0. The van der Waals surface area contributed by atoms with Crippen molar-refractivity contribution < 1.29 is 19.9 Å². The first-order chi connectivity index (χ1) is 11.7. The number of likely N-dealkylation sites (N-methyl/N-ethyl adjacent to an activating group) is 1. The molecule has 8 heteroatoms. The van der Waals surface area contributed by atoms with Gasteiger partial charge in [0.25, 0.3) is 5.65 Å². The molecule has 4 heterocycles. The predicted molar refractivity (Wildman–Crippen MR) is 91.1 cm³/mol. The highest BCUT2D eigenvalue weighted by Gasteiger charge is 2.33. The number of nitrogen functional groups attached to an aromatic ring is 1. The molecule has 1 saturated heterocycles. The van der Waals surface area contributed by atoms with E-state index < -0.39 is 0 Å². The van der Waals surface area contributed by atoms with Crippen LogP contribution in [0, 0.1) is 0 Å². The molecular weight excluding hydrogens is 306 g/mol. The van der Waals surface area contributed by atoms with E-state index >= 15 is 0 Å². The highest BCUT2D eigenvalue weighted by molar-refractivity contribution is 5.89. The van der Waals surface area contributed by atoms with E-state index in [2.05, 4.69) is 27.1 Å². The average Bonchev–Trinajstić information content (AvgIpc) is 2.96. The summed E-state index contributed by atoms with van der Waals surface area (Å²) < 4.78 is 0. The van der Waals surface area contributed by atoms with Gasteiger partial charge in [-0.05, 0) is 10.7 Å². The first kappa shape index (κ1) is 15.6. The van der Waals surface area contributed by atoms with Crippen LogP contribution in [0.15, 0.2) is 0 Å². The van der Waals surface area contributed by atoms with Crippen molar-refractivity contribution in [2.45, 2.75) is 13.0 Å².